The van der Waals surface area contributed by atoms with Crippen molar-refractivity contribution < 1.29 is 9.90 Å². The van der Waals surface area contributed by atoms with E-state index in [1.165, 1.54) is 12.1 Å². The van der Waals surface area contributed by atoms with Gasteiger partial charge in [0.25, 0.3) is 0 Å². The maximum atomic E-state index is 11.7. The summed E-state index contributed by atoms with van der Waals surface area (Å²) < 4.78 is 0. The van der Waals surface area contributed by atoms with Crippen LogP contribution >= 0.6 is 11.6 Å². The first-order valence-corrected chi connectivity index (χ1v) is 6.10. The molecule has 4 nitrogen and oxygen atoms in total. The smallest absolute Gasteiger partial charge is 0.319 e. The van der Waals surface area contributed by atoms with Crippen molar-refractivity contribution in [2.75, 3.05) is 5.32 Å². The normalized spacial score (nSPS) is 9.95. The van der Waals surface area contributed by atoms with Crippen LogP contribution in [0.2, 0.25) is 5.02 Å². The minimum absolute atomic E-state index is 0.101. The highest BCUT2D eigenvalue weighted by Gasteiger charge is 2.04. The van der Waals surface area contributed by atoms with Crippen LogP contribution in [0.25, 0.3) is 0 Å². The highest BCUT2D eigenvalue weighted by molar-refractivity contribution is 6.31. The molecule has 0 spiro atoms. The molecule has 3 N–H and O–H groups in total. The summed E-state index contributed by atoms with van der Waals surface area (Å²) in [5, 5.41) is 15.2. The Morgan fingerprint density at radius 1 is 1.16 bits per heavy atom. The minimum Gasteiger partial charge on any atom is -0.508 e. The van der Waals surface area contributed by atoms with E-state index in [4.69, 9.17) is 11.6 Å². The summed E-state index contributed by atoms with van der Waals surface area (Å²) in [6.07, 6.45) is 0. The fraction of sp³-hybridized carbons (Fsp3) is 0.0714. The standard InChI is InChI=1S/C14H13ClN2O2/c15-13-7-2-1-4-10(13)9-16-14(19)17-11-5-3-6-12(18)8-11/h1-8,18H,9H2,(H2,16,17,19). The Balaban J connectivity index is 1.90. The molecule has 2 aromatic rings. The molecule has 98 valence electrons. The Hall–Kier alpha value is -2.20. The number of benzene rings is 2. The fourth-order valence-corrected chi connectivity index (χ4v) is 1.78. The molecule has 5 heteroatoms. The van der Waals surface area contributed by atoms with Crippen molar-refractivity contribution in [2.24, 2.45) is 0 Å². The van der Waals surface area contributed by atoms with Crippen molar-refractivity contribution in [1.29, 1.82) is 0 Å². The predicted octanol–water partition coefficient (Wildman–Crippen LogP) is 3.37. The van der Waals surface area contributed by atoms with Gasteiger partial charge in [-0.25, -0.2) is 4.79 Å². The highest BCUT2D eigenvalue weighted by atomic mass is 35.5. The molecule has 2 amide bonds. The first-order chi connectivity index (χ1) is 9.15. The van der Waals surface area contributed by atoms with Crippen LogP contribution in [0.1, 0.15) is 5.56 Å². The van der Waals surface area contributed by atoms with E-state index in [-0.39, 0.29) is 11.8 Å². The van der Waals surface area contributed by atoms with Crippen LogP contribution in [0, 0.1) is 0 Å². The number of phenolic OH excluding ortho intramolecular Hbond substituents is 1. The number of carbonyl (C=O) groups excluding carboxylic acids is 1. The SMILES string of the molecule is O=C(NCc1ccccc1Cl)Nc1cccc(O)c1. The van der Waals surface area contributed by atoms with Gasteiger partial charge < -0.3 is 15.7 Å². The van der Waals surface area contributed by atoms with Gasteiger partial charge in [0.15, 0.2) is 0 Å². The monoisotopic (exact) mass is 276 g/mol. The molecule has 0 atom stereocenters. The lowest BCUT2D eigenvalue weighted by molar-refractivity contribution is 0.251. The van der Waals surface area contributed by atoms with Crippen LogP contribution in [-0.2, 0) is 6.54 Å². The molecule has 0 bridgehead atoms. The average Bonchev–Trinajstić information content (AvgIpc) is 2.38. The molecule has 0 unspecified atom stereocenters. The molecule has 0 aliphatic heterocycles. The van der Waals surface area contributed by atoms with Gasteiger partial charge in [0.2, 0.25) is 0 Å². The van der Waals surface area contributed by atoms with Gasteiger partial charge in [-0.3, -0.25) is 0 Å². The Morgan fingerprint density at radius 2 is 1.95 bits per heavy atom. The first kappa shape index (κ1) is 13.2. The van der Waals surface area contributed by atoms with Crippen molar-refractivity contribution in [3.63, 3.8) is 0 Å². The third kappa shape index (κ3) is 3.89. The lowest BCUT2D eigenvalue weighted by Crippen LogP contribution is -2.28. The molecule has 0 aromatic heterocycles. The van der Waals surface area contributed by atoms with E-state index in [1.54, 1.807) is 18.2 Å². The number of hydrogen-bond acceptors (Lipinski definition) is 2. The number of phenols is 1. The summed E-state index contributed by atoms with van der Waals surface area (Å²) in [6, 6.07) is 13.3. The molecule has 0 heterocycles. The van der Waals surface area contributed by atoms with Crippen molar-refractivity contribution >= 4 is 23.3 Å². The van der Waals surface area contributed by atoms with Gasteiger partial charge >= 0.3 is 6.03 Å². The summed E-state index contributed by atoms with van der Waals surface area (Å²) in [7, 11) is 0. The largest absolute Gasteiger partial charge is 0.508 e. The molecule has 19 heavy (non-hydrogen) atoms. The molecular weight excluding hydrogens is 264 g/mol. The van der Waals surface area contributed by atoms with E-state index in [0.29, 0.717) is 17.3 Å². The number of nitrogens with one attached hydrogen (secondary N) is 2. The molecule has 0 saturated carbocycles. The van der Waals surface area contributed by atoms with E-state index in [2.05, 4.69) is 10.6 Å². The maximum Gasteiger partial charge on any atom is 0.319 e. The molecule has 0 aliphatic carbocycles. The Bertz CT molecular complexity index is 587. The number of rotatable bonds is 3. The van der Waals surface area contributed by atoms with E-state index >= 15 is 0 Å². The molecule has 0 aliphatic rings. The average molecular weight is 277 g/mol. The Kier molecular flexibility index (Phi) is 4.26. The van der Waals surface area contributed by atoms with Crippen LogP contribution in [-0.4, -0.2) is 11.1 Å². The van der Waals surface area contributed by atoms with Crippen LogP contribution in [0.3, 0.4) is 0 Å². The number of hydrogen-bond donors (Lipinski definition) is 3. The van der Waals surface area contributed by atoms with Gasteiger partial charge in [0, 0.05) is 23.3 Å². The van der Waals surface area contributed by atoms with Crippen LogP contribution in [0.15, 0.2) is 48.5 Å². The lowest BCUT2D eigenvalue weighted by Gasteiger charge is -2.08. The number of carbonyl (C=O) groups is 1. The molecule has 2 rings (SSSR count). The van der Waals surface area contributed by atoms with Crippen molar-refractivity contribution in [3.8, 4) is 5.75 Å². The van der Waals surface area contributed by atoms with Gasteiger partial charge in [-0.15, -0.1) is 0 Å². The van der Waals surface area contributed by atoms with Crippen molar-refractivity contribution in [2.45, 2.75) is 6.54 Å². The number of amides is 2. The summed E-state index contributed by atoms with van der Waals surface area (Å²) in [5.74, 6) is 0.101. The van der Waals surface area contributed by atoms with Gasteiger partial charge in [0.1, 0.15) is 5.75 Å². The van der Waals surface area contributed by atoms with Crippen LogP contribution < -0.4 is 10.6 Å². The maximum absolute atomic E-state index is 11.7. The topological polar surface area (TPSA) is 61.4 Å². The highest BCUT2D eigenvalue weighted by Crippen LogP contribution is 2.16. The van der Waals surface area contributed by atoms with Gasteiger partial charge in [-0.2, -0.15) is 0 Å². The van der Waals surface area contributed by atoms with Crippen molar-refractivity contribution in [1.82, 2.24) is 5.32 Å². The quantitative estimate of drug-likeness (QED) is 0.805. The van der Waals surface area contributed by atoms with Gasteiger partial charge in [-0.05, 0) is 23.8 Å². The second kappa shape index (κ2) is 6.11. The number of halogens is 1. The zero-order valence-electron chi connectivity index (χ0n) is 10.1. The summed E-state index contributed by atoms with van der Waals surface area (Å²) in [6.45, 7) is 0.338. The predicted molar refractivity (Wildman–Crippen MR) is 75.4 cm³/mol. The summed E-state index contributed by atoms with van der Waals surface area (Å²) >= 11 is 5.98. The molecule has 0 radical (unpaired) electrons. The van der Waals surface area contributed by atoms with E-state index < -0.39 is 0 Å². The summed E-state index contributed by atoms with van der Waals surface area (Å²) in [5.41, 5.74) is 1.37. The molecular formula is C14H13ClN2O2. The zero-order chi connectivity index (χ0) is 13.7. The molecule has 0 saturated heterocycles. The van der Waals surface area contributed by atoms with Crippen LogP contribution in [0.5, 0.6) is 5.75 Å². The van der Waals surface area contributed by atoms with Crippen molar-refractivity contribution in [3.05, 3.63) is 59.1 Å². The van der Waals surface area contributed by atoms with E-state index in [9.17, 15) is 9.90 Å². The van der Waals surface area contributed by atoms with E-state index in [0.717, 1.165) is 5.56 Å². The second-order valence-electron chi connectivity index (χ2n) is 3.95. The zero-order valence-corrected chi connectivity index (χ0v) is 10.8. The number of anilines is 1. The first-order valence-electron chi connectivity index (χ1n) is 5.72. The van der Waals surface area contributed by atoms with Crippen LogP contribution in [0.4, 0.5) is 10.5 Å². The van der Waals surface area contributed by atoms with E-state index in [1.807, 2.05) is 18.2 Å². The van der Waals surface area contributed by atoms with Gasteiger partial charge in [-0.1, -0.05) is 35.9 Å². The number of aromatic hydroxyl groups is 1. The Morgan fingerprint density at radius 3 is 2.68 bits per heavy atom. The number of urea groups is 1. The lowest BCUT2D eigenvalue weighted by atomic mass is 10.2. The third-order valence-corrected chi connectivity index (χ3v) is 2.87. The fourth-order valence-electron chi connectivity index (χ4n) is 1.58. The Labute approximate surface area is 116 Å². The third-order valence-electron chi connectivity index (χ3n) is 2.50. The molecule has 0 fully saturated rings. The van der Waals surface area contributed by atoms with Gasteiger partial charge in [0.05, 0.1) is 0 Å². The minimum atomic E-state index is -0.356. The molecule has 2 aromatic carbocycles. The second-order valence-corrected chi connectivity index (χ2v) is 4.36. The summed E-state index contributed by atoms with van der Waals surface area (Å²) in [4.78, 5) is 11.7.